The van der Waals surface area contributed by atoms with Crippen LogP contribution in [0.1, 0.15) is 42.5 Å². The highest BCUT2D eigenvalue weighted by Gasteiger charge is 2.35. The van der Waals surface area contributed by atoms with Crippen molar-refractivity contribution in [2.75, 3.05) is 74.6 Å². The van der Waals surface area contributed by atoms with Crippen molar-refractivity contribution >= 4 is 23.4 Å². The molecule has 1 amide bonds. The Bertz CT molecular complexity index is 1350. The number of benzene rings is 1. The van der Waals surface area contributed by atoms with E-state index in [1.807, 2.05) is 0 Å². The lowest BCUT2D eigenvalue weighted by atomic mass is 9.90. The van der Waals surface area contributed by atoms with E-state index in [0.717, 1.165) is 82.8 Å². The van der Waals surface area contributed by atoms with Crippen molar-refractivity contribution in [2.24, 2.45) is 0 Å². The maximum Gasteiger partial charge on any atom is 0.246 e. The zero-order chi connectivity index (χ0) is 29.8. The molecule has 6 rings (SSSR count). The SMILES string of the molecule is C=CC(=O)N1CCN(c2nc(NC3CCN(CCOC)CC3)nc3c2CCC(N2CCc4ccccc42)C3)CC1CC#N. The molecule has 228 valence electrons. The van der Waals surface area contributed by atoms with Gasteiger partial charge in [0.05, 0.1) is 30.8 Å². The third kappa shape index (κ3) is 6.34. The van der Waals surface area contributed by atoms with E-state index in [9.17, 15) is 10.1 Å². The summed E-state index contributed by atoms with van der Waals surface area (Å²) in [7, 11) is 1.76. The average molecular weight is 585 g/mol. The smallest absolute Gasteiger partial charge is 0.246 e. The molecule has 43 heavy (non-hydrogen) atoms. The lowest BCUT2D eigenvalue weighted by Gasteiger charge is -2.42. The summed E-state index contributed by atoms with van der Waals surface area (Å²) in [6.45, 7) is 10.3. The number of nitriles is 1. The second kappa shape index (κ2) is 13.3. The minimum absolute atomic E-state index is 0.113. The van der Waals surface area contributed by atoms with E-state index < -0.39 is 0 Å². The molecule has 0 bridgehead atoms. The van der Waals surface area contributed by atoms with E-state index in [2.05, 4.69) is 56.9 Å². The summed E-state index contributed by atoms with van der Waals surface area (Å²) in [5, 5.41) is 13.3. The number of piperazine rings is 1. The Labute approximate surface area is 255 Å². The normalized spacial score (nSPS) is 22.6. The van der Waals surface area contributed by atoms with E-state index in [1.54, 1.807) is 12.0 Å². The van der Waals surface area contributed by atoms with E-state index in [4.69, 9.17) is 14.7 Å². The summed E-state index contributed by atoms with van der Waals surface area (Å²) in [6, 6.07) is 11.6. The third-order valence-electron chi connectivity index (χ3n) is 9.69. The predicted octanol–water partition coefficient (Wildman–Crippen LogP) is 3.04. The first-order valence-corrected chi connectivity index (χ1v) is 15.8. The van der Waals surface area contributed by atoms with Crippen LogP contribution in [0.4, 0.5) is 17.5 Å². The molecule has 1 aromatic heterocycles. The van der Waals surface area contributed by atoms with Gasteiger partial charge in [-0.3, -0.25) is 4.79 Å². The molecule has 0 radical (unpaired) electrons. The van der Waals surface area contributed by atoms with E-state index >= 15 is 0 Å². The molecule has 1 aliphatic carbocycles. The van der Waals surface area contributed by atoms with Crippen LogP contribution in [0.25, 0.3) is 0 Å². The topological polar surface area (TPSA) is 101 Å². The first-order chi connectivity index (χ1) is 21.1. The van der Waals surface area contributed by atoms with Gasteiger partial charge in [0.2, 0.25) is 11.9 Å². The van der Waals surface area contributed by atoms with Crippen LogP contribution in [-0.4, -0.2) is 103 Å². The molecule has 2 saturated heterocycles. The number of fused-ring (bicyclic) bond motifs is 2. The van der Waals surface area contributed by atoms with Gasteiger partial charge in [0, 0.05) is 82.7 Å². The molecular weight excluding hydrogens is 540 g/mol. The molecule has 2 atom stereocenters. The predicted molar refractivity (Wildman–Crippen MR) is 168 cm³/mol. The van der Waals surface area contributed by atoms with Crippen molar-refractivity contribution < 1.29 is 9.53 Å². The van der Waals surface area contributed by atoms with Gasteiger partial charge in [-0.1, -0.05) is 24.8 Å². The Kier molecular flexibility index (Phi) is 9.10. The minimum Gasteiger partial charge on any atom is -0.383 e. The van der Waals surface area contributed by atoms with Crippen LogP contribution >= 0.6 is 0 Å². The van der Waals surface area contributed by atoms with Crippen molar-refractivity contribution in [3.63, 3.8) is 0 Å². The Hall–Kier alpha value is -3.68. The number of anilines is 3. The Morgan fingerprint density at radius 1 is 1.14 bits per heavy atom. The minimum atomic E-state index is -0.194. The van der Waals surface area contributed by atoms with Crippen molar-refractivity contribution in [3.05, 3.63) is 53.7 Å². The van der Waals surface area contributed by atoms with E-state index in [-0.39, 0.29) is 18.4 Å². The second-order valence-corrected chi connectivity index (χ2v) is 12.2. The molecule has 10 nitrogen and oxygen atoms in total. The highest BCUT2D eigenvalue weighted by Crippen LogP contribution is 2.37. The fraction of sp³-hybridized carbons (Fsp3) is 0.576. The summed E-state index contributed by atoms with van der Waals surface area (Å²) in [5.74, 6) is 1.56. The number of nitrogens with one attached hydrogen (secondary N) is 1. The van der Waals surface area contributed by atoms with Gasteiger partial charge in [-0.15, -0.1) is 0 Å². The highest BCUT2D eigenvalue weighted by atomic mass is 16.5. The molecule has 10 heteroatoms. The first kappa shape index (κ1) is 29.4. The number of para-hydroxylation sites is 1. The van der Waals surface area contributed by atoms with E-state index in [1.165, 1.54) is 22.9 Å². The van der Waals surface area contributed by atoms with Gasteiger partial charge >= 0.3 is 0 Å². The maximum atomic E-state index is 12.6. The molecular formula is C33H44N8O2. The number of hydrogen-bond donors (Lipinski definition) is 1. The van der Waals surface area contributed by atoms with Crippen LogP contribution < -0.4 is 15.1 Å². The van der Waals surface area contributed by atoms with Gasteiger partial charge in [0.1, 0.15) is 5.82 Å². The number of amides is 1. The van der Waals surface area contributed by atoms with Gasteiger partial charge in [-0.05, 0) is 49.8 Å². The Morgan fingerprint density at radius 2 is 1.98 bits per heavy atom. The Morgan fingerprint density at radius 3 is 2.77 bits per heavy atom. The zero-order valence-corrected chi connectivity index (χ0v) is 25.4. The largest absolute Gasteiger partial charge is 0.383 e. The second-order valence-electron chi connectivity index (χ2n) is 12.2. The van der Waals surface area contributed by atoms with Crippen LogP contribution in [0.5, 0.6) is 0 Å². The molecule has 0 saturated carbocycles. The average Bonchev–Trinajstić information content (AvgIpc) is 3.48. The number of aromatic nitrogens is 2. The lowest BCUT2D eigenvalue weighted by Crippen LogP contribution is -2.55. The molecule has 2 fully saturated rings. The molecule has 0 spiro atoms. The van der Waals surface area contributed by atoms with Crippen molar-refractivity contribution in [1.29, 1.82) is 5.26 Å². The van der Waals surface area contributed by atoms with Crippen LogP contribution in [0.15, 0.2) is 36.9 Å². The van der Waals surface area contributed by atoms with Gasteiger partial charge in [0.25, 0.3) is 0 Å². The fourth-order valence-corrected chi connectivity index (χ4v) is 7.35. The summed E-state index contributed by atoms with van der Waals surface area (Å²) < 4.78 is 5.27. The quantitative estimate of drug-likeness (QED) is 0.446. The van der Waals surface area contributed by atoms with Crippen LogP contribution in [0, 0.1) is 11.3 Å². The molecule has 1 aromatic carbocycles. The van der Waals surface area contributed by atoms with Crippen LogP contribution in [0.2, 0.25) is 0 Å². The number of ether oxygens (including phenoxy) is 1. The molecule has 4 heterocycles. The van der Waals surface area contributed by atoms with Gasteiger partial charge < -0.3 is 29.7 Å². The lowest BCUT2D eigenvalue weighted by molar-refractivity contribution is -0.128. The van der Waals surface area contributed by atoms with Gasteiger partial charge in [0.15, 0.2) is 0 Å². The fourth-order valence-electron chi connectivity index (χ4n) is 7.35. The first-order valence-electron chi connectivity index (χ1n) is 15.8. The summed E-state index contributed by atoms with van der Waals surface area (Å²) in [5.41, 5.74) is 5.16. The number of piperidine rings is 1. The van der Waals surface area contributed by atoms with Crippen molar-refractivity contribution in [1.82, 2.24) is 19.8 Å². The maximum absolute atomic E-state index is 12.6. The zero-order valence-electron chi connectivity index (χ0n) is 25.4. The van der Waals surface area contributed by atoms with E-state index in [0.29, 0.717) is 37.7 Å². The monoisotopic (exact) mass is 584 g/mol. The number of nitrogens with zero attached hydrogens (tertiary/aromatic N) is 7. The van der Waals surface area contributed by atoms with Crippen LogP contribution in [0.3, 0.4) is 0 Å². The number of methoxy groups -OCH3 is 1. The van der Waals surface area contributed by atoms with Crippen molar-refractivity contribution in [2.45, 2.75) is 63.1 Å². The van der Waals surface area contributed by atoms with Gasteiger partial charge in [-0.2, -0.15) is 10.2 Å². The van der Waals surface area contributed by atoms with Crippen molar-refractivity contribution in [3.8, 4) is 6.07 Å². The van der Waals surface area contributed by atoms with Crippen LogP contribution in [-0.2, 0) is 28.8 Å². The number of likely N-dealkylation sites (tertiary alicyclic amines) is 1. The molecule has 3 aliphatic heterocycles. The number of rotatable bonds is 9. The van der Waals surface area contributed by atoms with Gasteiger partial charge in [-0.25, -0.2) is 4.98 Å². The molecule has 1 N–H and O–H groups in total. The Balaban J connectivity index is 1.26. The highest BCUT2D eigenvalue weighted by molar-refractivity contribution is 5.87. The number of carbonyl (C=O) groups excluding carboxylic acids is 1. The molecule has 2 aromatic rings. The number of hydrogen-bond acceptors (Lipinski definition) is 9. The summed E-state index contributed by atoms with van der Waals surface area (Å²) in [6.07, 6.45) is 7.68. The molecule has 4 aliphatic rings. The summed E-state index contributed by atoms with van der Waals surface area (Å²) >= 11 is 0. The summed E-state index contributed by atoms with van der Waals surface area (Å²) in [4.78, 5) is 32.0. The number of carbonyl (C=O) groups is 1. The third-order valence-corrected chi connectivity index (χ3v) is 9.69. The standard InChI is InChI=1S/C33H44N8O2/c1-3-31(42)41-19-18-39(23-27(41)10-14-34)32-28-9-8-26(40-17-11-24-6-4-5-7-30(24)40)22-29(28)36-33(37-32)35-25-12-15-38(16-13-25)20-21-43-2/h3-7,25-27H,1,8-13,15-23H2,2H3,(H,35,36,37). The molecule has 2 unspecified atom stereocenters.